The van der Waals surface area contributed by atoms with E-state index >= 15 is 0 Å². The fourth-order valence-corrected chi connectivity index (χ4v) is 4.48. The molecular weight excluding hydrogens is 371 g/mol. The smallest absolute Gasteiger partial charge is 0.356 e. The third-order valence-electron chi connectivity index (χ3n) is 6.08. The molecular formula is C19H24F3N5O. The van der Waals surface area contributed by atoms with Gasteiger partial charge in [0.2, 0.25) is 5.91 Å². The van der Waals surface area contributed by atoms with Gasteiger partial charge < -0.3 is 5.32 Å². The molecule has 1 N–H and O–H groups in total. The van der Waals surface area contributed by atoms with E-state index in [4.69, 9.17) is 0 Å². The standard InChI is InChI=1S/C19H24F3N5O/c20-19(21,22)17-25-18-23-10-9-15(27(18)26-17)13-7-5-12(6-8-13)11-24-16(28)14-3-1-2-4-14/h9-10,12-14H,1-8,11H2,(H,24,28). The monoisotopic (exact) mass is 395 g/mol. The van der Waals surface area contributed by atoms with Gasteiger partial charge in [-0.05, 0) is 50.5 Å². The number of carbonyl (C=O) groups excluding carboxylic acids is 1. The van der Waals surface area contributed by atoms with E-state index in [9.17, 15) is 18.0 Å². The third-order valence-corrected chi connectivity index (χ3v) is 6.08. The van der Waals surface area contributed by atoms with Gasteiger partial charge in [-0.25, -0.2) is 9.50 Å². The van der Waals surface area contributed by atoms with Crippen LogP contribution in [0.4, 0.5) is 13.2 Å². The predicted octanol–water partition coefficient (Wildman–Crippen LogP) is 3.72. The molecule has 2 aliphatic carbocycles. The number of rotatable bonds is 4. The number of carbonyl (C=O) groups is 1. The van der Waals surface area contributed by atoms with Gasteiger partial charge in [0, 0.05) is 24.6 Å². The Kier molecular flexibility index (Phi) is 5.25. The fourth-order valence-electron chi connectivity index (χ4n) is 4.48. The highest BCUT2D eigenvalue weighted by molar-refractivity contribution is 5.78. The summed E-state index contributed by atoms with van der Waals surface area (Å²) < 4.78 is 40.0. The molecule has 0 aromatic carbocycles. The van der Waals surface area contributed by atoms with Crippen molar-refractivity contribution in [3.63, 3.8) is 0 Å². The minimum atomic E-state index is -4.58. The summed E-state index contributed by atoms with van der Waals surface area (Å²) in [7, 11) is 0. The highest BCUT2D eigenvalue weighted by Gasteiger charge is 2.37. The molecule has 4 rings (SSSR count). The molecule has 28 heavy (non-hydrogen) atoms. The van der Waals surface area contributed by atoms with Crippen LogP contribution in [-0.2, 0) is 11.0 Å². The van der Waals surface area contributed by atoms with E-state index in [0.29, 0.717) is 12.5 Å². The molecule has 152 valence electrons. The maximum Gasteiger partial charge on any atom is 0.453 e. The molecule has 2 saturated carbocycles. The quantitative estimate of drug-likeness (QED) is 0.856. The number of amides is 1. The summed E-state index contributed by atoms with van der Waals surface area (Å²) in [4.78, 5) is 19.6. The third kappa shape index (κ3) is 3.98. The maximum absolute atomic E-state index is 12.9. The minimum Gasteiger partial charge on any atom is -0.356 e. The lowest BCUT2D eigenvalue weighted by Gasteiger charge is -2.29. The topological polar surface area (TPSA) is 72.2 Å². The molecule has 2 aromatic rings. The van der Waals surface area contributed by atoms with Crippen molar-refractivity contribution in [1.82, 2.24) is 24.9 Å². The van der Waals surface area contributed by atoms with Gasteiger partial charge in [0.15, 0.2) is 0 Å². The first-order valence-electron chi connectivity index (χ1n) is 9.98. The average Bonchev–Trinajstić information content (AvgIpc) is 3.35. The van der Waals surface area contributed by atoms with Crippen LogP contribution in [0, 0.1) is 11.8 Å². The molecule has 6 nitrogen and oxygen atoms in total. The van der Waals surface area contributed by atoms with Crippen molar-refractivity contribution >= 4 is 11.7 Å². The molecule has 0 bridgehead atoms. The zero-order chi connectivity index (χ0) is 19.7. The summed E-state index contributed by atoms with van der Waals surface area (Å²) in [5.41, 5.74) is 0.724. The van der Waals surface area contributed by atoms with Crippen molar-refractivity contribution in [3.8, 4) is 0 Å². The van der Waals surface area contributed by atoms with E-state index in [1.165, 1.54) is 10.7 Å². The number of alkyl halides is 3. The molecule has 0 unspecified atom stereocenters. The highest BCUT2D eigenvalue weighted by Crippen LogP contribution is 2.36. The van der Waals surface area contributed by atoms with Gasteiger partial charge in [0.05, 0.1) is 5.69 Å². The van der Waals surface area contributed by atoms with Crippen LogP contribution in [0.1, 0.15) is 68.8 Å². The Hall–Kier alpha value is -2.19. The Labute approximate surface area is 160 Å². The minimum absolute atomic E-state index is 0.0178. The number of hydrogen-bond donors (Lipinski definition) is 1. The Morgan fingerprint density at radius 1 is 1.14 bits per heavy atom. The molecule has 2 fully saturated rings. The average molecular weight is 395 g/mol. The van der Waals surface area contributed by atoms with E-state index in [2.05, 4.69) is 20.4 Å². The van der Waals surface area contributed by atoms with E-state index in [1.807, 2.05) is 0 Å². The van der Waals surface area contributed by atoms with Gasteiger partial charge in [0.25, 0.3) is 11.6 Å². The van der Waals surface area contributed by atoms with Gasteiger partial charge in [-0.3, -0.25) is 4.79 Å². The van der Waals surface area contributed by atoms with E-state index in [1.54, 1.807) is 6.07 Å². The lowest BCUT2D eigenvalue weighted by molar-refractivity contribution is -0.144. The summed E-state index contributed by atoms with van der Waals surface area (Å²) in [5, 5.41) is 6.74. The number of halogens is 3. The van der Waals surface area contributed by atoms with E-state index in [0.717, 1.165) is 57.1 Å². The molecule has 0 aliphatic heterocycles. The first kappa shape index (κ1) is 19.1. The largest absolute Gasteiger partial charge is 0.453 e. The molecule has 1 amide bonds. The highest BCUT2D eigenvalue weighted by atomic mass is 19.4. The van der Waals surface area contributed by atoms with Crippen molar-refractivity contribution < 1.29 is 18.0 Å². The molecule has 0 atom stereocenters. The Balaban J connectivity index is 1.37. The normalized spacial score (nSPS) is 24.0. The number of fused-ring (bicyclic) bond motifs is 1. The summed E-state index contributed by atoms with van der Waals surface area (Å²) >= 11 is 0. The van der Waals surface area contributed by atoms with Gasteiger partial charge in [0.1, 0.15) is 0 Å². The van der Waals surface area contributed by atoms with Gasteiger partial charge in [-0.2, -0.15) is 18.2 Å². The van der Waals surface area contributed by atoms with Crippen LogP contribution in [0.3, 0.4) is 0 Å². The molecule has 2 aromatic heterocycles. The van der Waals surface area contributed by atoms with Crippen LogP contribution in [-0.4, -0.2) is 32.0 Å². The van der Waals surface area contributed by atoms with Crippen molar-refractivity contribution in [2.24, 2.45) is 11.8 Å². The SMILES string of the molecule is O=C(NCC1CCC(c2ccnc3nc(C(F)(F)F)nn23)CC1)C1CCCC1. The van der Waals surface area contributed by atoms with Gasteiger partial charge in [-0.1, -0.05) is 12.8 Å². The van der Waals surface area contributed by atoms with E-state index in [-0.39, 0.29) is 23.5 Å². The maximum atomic E-state index is 12.9. The lowest BCUT2D eigenvalue weighted by atomic mass is 9.80. The molecule has 2 heterocycles. The molecule has 0 radical (unpaired) electrons. The first-order valence-corrected chi connectivity index (χ1v) is 9.98. The molecule has 0 saturated heterocycles. The van der Waals surface area contributed by atoms with Gasteiger partial charge >= 0.3 is 6.18 Å². The zero-order valence-corrected chi connectivity index (χ0v) is 15.6. The van der Waals surface area contributed by atoms with Gasteiger partial charge in [-0.15, -0.1) is 5.10 Å². The van der Waals surface area contributed by atoms with Crippen molar-refractivity contribution in [2.45, 2.75) is 63.5 Å². The molecule has 9 heteroatoms. The second-order valence-corrected chi connectivity index (χ2v) is 7.96. The Morgan fingerprint density at radius 3 is 2.54 bits per heavy atom. The van der Waals surface area contributed by atoms with Crippen LogP contribution in [0.2, 0.25) is 0 Å². The summed E-state index contributed by atoms with van der Waals surface area (Å²) in [6, 6.07) is 1.73. The van der Waals surface area contributed by atoms with Crippen LogP contribution in [0.25, 0.3) is 5.78 Å². The summed E-state index contributed by atoms with van der Waals surface area (Å²) in [6.07, 6.45) is 4.75. The Morgan fingerprint density at radius 2 is 1.86 bits per heavy atom. The second-order valence-electron chi connectivity index (χ2n) is 7.96. The summed E-state index contributed by atoms with van der Waals surface area (Å²) in [5.74, 6) is -0.281. The van der Waals surface area contributed by atoms with E-state index < -0.39 is 12.0 Å². The second kappa shape index (κ2) is 7.67. The predicted molar refractivity (Wildman–Crippen MR) is 95.5 cm³/mol. The molecule has 0 spiro atoms. The van der Waals surface area contributed by atoms with Crippen molar-refractivity contribution in [1.29, 1.82) is 0 Å². The fraction of sp³-hybridized carbons (Fsp3) is 0.684. The summed E-state index contributed by atoms with van der Waals surface area (Å²) in [6.45, 7) is 0.690. The number of aromatic nitrogens is 4. The number of hydrogen-bond acceptors (Lipinski definition) is 4. The molecule has 2 aliphatic rings. The van der Waals surface area contributed by atoms with Crippen LogP contribution < -0.4 is 5.32 Å². The Bertz CT molecular complexity index is 836. The van der Waals surface area contributed by atoms with Crippen LogP contribution >= 0.6 is 0 Å². The van der Waals surface area contributed by atoms with Crippen LogP contribution in [0.15, 0.2) is 12.3 Å². The number of nitrogens with zero attached hydrogens (tertiary/aromatic N) is 4. The lowest BCUT2D eigenvalue weighted by Crippen LogP contribution is -2.34. The first-order chi connectivity index (χ1) is 13.4. The van der Waals surface area contributed by atoms with Crippen molar-refractivity contribution in [3.05, 3.63) is 23.8 Å². The number of nitrogens with one attached hydrogen (secondary N) is 1. The zero-order valence-electron chi connectivity index (χ0n) is 15.6. The van der Waals surface area contributed by atoms with Crippen LogP contribution in [0.5, 0.6) is 0 Å². The van der Waals surface area contributed by atoms with Crippen molar-refractivity contribution in [2.75, 3.05) is 6.54 Å².